The quantitative estimate of drug-likeness (QED) is 0.762. The number of nitrogens with zero attached hydrogens (tertiary/aromatic N) is 1. The molecule has 2 saturated carbocycles. The number of fused-ring (bicyclic) bond motifs is 1. The van der Waals surface area contributed by atoms with Gasteiger partial charge >= 0.3 is 0 Å². The van der Waals surface area contributed by atoms with E-state index in [0.29, 0.717) is 11.9 Å². The number of amides is 1. The summed E-state index contributed by atoms with van der Waals surface area (Å²) in [5.74, 6) is 2.02. The summed E-state index contributed by atoms with van der Waals surface area (Å²) >= 11 is 0. The first-order valence-electron chi connectivity index (χ1n) is 7.77. The highest BCUT2D eigenvalue weighted by atomic mass is 16.2. The van der Waals surface area contributed by atoms with Crippen LogP contribution in [0.5, 0.6) is 0 Å². The van der Waals surface area contributed by atoms with Gasteiger partial charge in [-0.25, -0.2) is 0 Å². The lowest BCUT2D eigenvalue weighted by Gasteiger charge is -2.33. The number of nitrogens with one attached hydrogen (secondary N) is 1. The molecule has 1 heterocycles. The largest absolute Gasteiger partial charge is 0.338 e. The van der Waals surface area contributed by atoms with Gasteiger partial charge < -0.3 is 10.2 Å². The molecule has 0 radical (unpaired) electrons. The predicted octanol–water partition coefficient (Wildman–Crippen LogP) is 2.17. The van der Waals surface area contributed by atoms with Gasteiger partial charge in [0.2, 0.25) is 5.91 Å². The van der Waals surface area contributed by atoms with Crippen molar-refractivity contribution in [1.82, 2.24) is 10.2 Å². The second-order valence-corrected chi connectivity index (χ2v) is 6.47. The summed E-state index contributed by atoms with van der Waals surface area (Å²) in [6, 6.07) is 0.626. The number of carbonyl (C=O) groups excluding carboxylic acids is 1. The summed E-state index contributed by atoms with van der Waals surface area (Å²) < 4.78 is 0. The zero-order valence-corrected chi connectivity index (χ0v) is 11.5. The minimum Gasteiger partial charge on any atom is -0.338 e. The van der Waals surface area contributed by atoms with Gasteiger partial charge in [0, 0.05) is 12.6 Å². The second kappa shape index (κ2) is 5.20. The first-order valence-corrected chi connectivity index (χ1v) is 7.77. The van der Waals surface area contributed by atoms with Crippen LogP contribution in [-0.2, 0) is 4.79 Å². The summed E-state index contributed by atoms with van der Waals surface area (Å²) in [6.45, 7) is 1.05. The Balaban J connectivity index is 1.73. The van der Waals surface area contributed by atoms with Crippen LogP contribution >= 0.6 is 0 Å². The van der Waals surface area contributed by atoms with Gasteiger partial charge in [0.15, 0.2) is 0 Å². The molecule has 2 aliphatic carbocycles. The molecule has 1 amide bonds. The van der Waals surface area contributed by atoms with Crippen LogP contribution in [0.15, 0.2) is 0 Å². The third-order valence-corrected chi connectivity index (χ3v) is 5.23. The van der Waals surface area contributed by atoms with Gasteiger partial charge in [-0.2, -0.15) is 0 Å². The van der Waals surface area contributed by atoms with E-state index in [-0.39, 0.29) is 6.04 Å². The molecule has 0 aromatic rings. The maximum absolute atomic E-state index is 12.6. The van der Waals surface area contributed by atoms with Crippen molar-refractivity contribution in [3.8, 4) is 0 Å². The van der Waals surface area contributed by atoms with Crippen LogP contribution < -0.4 is 5.32 Å². The van der Waals surface area contributed by atoms with Crippen LogP contribution in [0.1, 0.15) is 51.4 Å². The van der Waals surface area contributed by atoms with Gasteiger partial charge in [0.25, 0.3) is 0 Å². The molecular weight excluding hydrogens is 224 g/mol. The van der Waals surface area contributed by atoms with E-state index >= 15 is 0 Å². The van der Waals surface area contributed by atoms with E-state index < -0.39 is 0 Å². The standard InChI is InChI=1S/C15H26N2O/c1-16-14-9-11-8-12(11)10-17(15(14)18)13-6-4-2-3-5-7-13/h11-14,16H,2-10H2,1H3. The van der Waals surface area contributed by atoms with E-state index in [1.54, 1.807) is 0 Å². The van der Waals surface area contributed by atoms with Gasteiger partial charge in [0.05, 0.1) is 6.04 Å². The van der Waals surface area contributed by atoms with Crippen LogP contribution in [0.3, 0.4) is 0 Å². The zero-order chi connectivity index (χ0) is 12.5. The fourth-order valence-electron chi connectivity index (χ4n) is 3.91. The SMILES string of the molecule is CNC1CC2CC2CN(C2CCCCCC2)C1=O. The fourth-order valence-corrected chi connectivity index (χ4v) is 3.91. The molecule has 0 bridgehead atoms. The minimum absolute atomic E-state index is 0.0887. The predicted molar refractivity (Wildman–Crippen MR) is 72.3 cm³/mol. The third-order valence-electron chi connectivity index (χ3n) is 5.23. The molecule has 102 valence electrons. The van der Waals surface area contributed by atoms with E-state index in [9.17, 15) is 4.79 Å². The van der Waals surface area contributed by atoms with Crippen molar-refractivity contribution in [3.05, 3.63) is 0 Å². The normalized spacial score (nSPS) is 37.9. The molecule has 3 atom stereocenters. The number of carbonyl (C=O) groups is 1. The zero-order valence-electron chi connectivity index (χ0n) is 11.5. The number of likely N-dealkylation sites (N-methyl/N-ethyl adjacent to an activating group) is 1. The highest BCUT2D eigenvalue weighted by Crippen LogP contribution is 2.45. The maximum Gasteiger partial charge on any atom is 0.239 e. The van der Waals surface area contributed by atoms with Crippen molar-refractivity contribution in [1.29, 1.82) is 0 Å². The highest BCUT2D eigenvalue weighted by Gasteiger charge is 2.46. The second-order valence-electron chi connectivity index (χ2n) is 6.47. The van der Waals surface area contributed by atoms with Crippen molar-refractivity contribution in [2.75, 3.05) is 13.6 Å². The lowest BCUT2D eigenvalue weighted by molar-refractivity contribution is -0.135. The Bertz CT molecular complexity index is 310. The molecule has 0 aromatic heterocycles. The van der Waals surface area contributed by atoms with Crippen molar-refractivity contribution in [2.45, 2.75) is 63.5 Å². The Hall–Kier alpha value is -0.570. The van der Waals surface area contributed by atoms with Gasteiger partial charge in [-0.3, -0.25) is 4.79 Å². The first kappa shape index (κ1) is 12.5. The van der Waals surface area contributed by atoms with Gasteiger partial charge in [-0.05, 0) is 44.6 Å². The molecule has 3 nitrogen and oxygen atoms in total. The number of hydrogen-bond donors (Lipinski definition) is 1. The molecule has 3 unspecified atom stereocenters. The molecule has 3 heteroatoms. The summed E-state index contributed by atoms with van der Waals surface area (Å²) in [7, 11) is 1.94. The number of rotatable bonds is 2. The number of likely N-dealkylation sites (tertiary alicyclic amines) is 1. The lowest BCUT2D eigenvalue weighted by atomic mass is 10.0. The van der Waals surface area contributed by atoms with Crippen molar-refractivity contribution in [3.63, 3.8) is 0 Å². The fraction of sp³-hybridized carbons (Fsp3) is 0.933. The average Bonchev–Trinajstić information content (AvgIpc) is 3.14. The van der Waals surface area contributed by atoms with Gasteiger partial charge in [-0.15, -0.1) is 0 Å². The molecule has 3 aliphatic rings. The van der Waals surface area contributed by atoms with E-state index in [0.717, 1.165) is 24.8 Å². The topological polar surface area (TPSA) is 32.3 Å². The first-order chi connectivity index (χ1) is 8.79. The third kappa shape index (κ3) is 2.42. The molecule has 18 heavy (non-hydrogen) atoms. The van der Waals surface area contributed by atoms with Gasteiger partial charge in [-0.1, -0.05) is 25.7 Å². The van der Waals surface area contributed by atoms with E-state index in [1.165, 1.54) is 44.9 Å². The van der Waals surface area contributed by atoms with Crippen LogP contribution in [0.4, 0.5) is 0 Å². The van der Waals surface area contributed by atoms with E-state index in [4.69, 9.17) is 0 Å². The smallest absolute Gasteiger partial charge is 0.239 e. The molecular formula is C15H26N2O. The maximum atomic E-state index is 12.6. The molecule has 1 aliphatic heterocycles. The minimum atomic E-state index is 0.0887. The Labute approximate surface area is 110 Å². The Kier molecular flexibility index (Phi) is 3.60. The Morgan fingerprint density at radius 2 is 1.78 bits per heavy atom. The monoisotopic (exact) mass is 250 g/mol. The number of hydrogen-bond acceptors (Lipinski definition) is 2. The van der Waals surface area contributed by atoms with Crippen molar-refractivity contribution >= 4 is 5.91 Å². The van der Waals surface area contributed by atoms with E-state index in [2.05, 4.69) is 10.2 Å². The molecule has 0 spiro atoms. The molecule has 1 saturated heterocycles. The summed E-state index contributed by atoms with van der Waals surface area (Å²) in [4.78, 5) is 14.9. The van der Waals surface area contributed by atoms with Crippen molar-refractivity contribution < 1.29 is 4.79 Å². The molecule has 3 fully saturated rings. The van der Waals surface area contributed by atoms with Crippen LogP contribution in [-0.4, -0.2) is 36.5 Å². The average molecular weight is 250 g/mol. The van der Waals surface area contributed by atoms with Crippen molar-refractivity contribution in [2.24, 2.45) is 11.8 Å². The summed E-state index contributed by atoms with van der Waals surface area (Å²) in [5.41, 5.74) is 0. The van der Waals surface area contributed by atoms with Gasteiger partial charge in [0.1, 0.15) is 0 Å². The van der Waals surface area contributed by atoms with Crippen LogP contribution in [0.25, 0.3) is 0 Å². The van der Waals surface area contributed by atoms with Crippen LogP contribution in [0, 0.1) is 11.8 Å². The molecule has 0 aromatic carbocycles. The Morgan fingerprint density at radius 3 is 2.44 bits per heavy atom. The lowest BCUT2D eigenvalue weighted by Crippen LogP contribution is -2.49. The Morgan fingerprint density at radius 1 is 1.06 bits per heavy atom. The highest BCUT2D eigenvalue weighted by molar-refractivity contribution is 5.82. The summed E-state index contributed by atoms with van der Waals surface area (Å²) in [6.07, 6.45) is 10.2. The molecule has 3 rings (SSSR count). The molecule has 1 N–H and O–H groups in total. The summed E-state index contributed by atoms with van der Waals surface area (Å²) in [5, 5.41) is 3.24. The van der Waals surface area contributed by atoms with Crippen LogP contribution in [0.2, 0.25) is 0 Å². The van der Waals surface area contributed by atoms with E-state index in [1.807, 2.05) is 7.05 Å².